The number of ether oxygens (including phenoxy) is 1. The van der Waals surface area contributed by atoms with Gasteiger partial charge in [0.2, 0.25) is 0 Å². The monoisotopic (exact) mass is 397 g/mol. The molecule has 1 aliphatic heterocycles. The van der Waals surface area contributed by atoms with Crippen LogP contribution in [0.5, 0.6) is 5.75 Å². The molecule has 1 saturated heterocycles. The van der Waals surface area contributed by atoms with Gasteiger partial charge in [0.25, 0.3) is 5.56 Å². The van der Waals surface area contributed by atoms with E-state index in [1.54, 1.807) is 6.07 Å². The van der Waals surface area contributed by atoms with Crippen LogP contribution in [0, 0.1) is 23.1 Å². The number of halogens is 3. The van der Waals surface area contributed by atoms with Gasteiger partial charge in [0.1, 0.15) is 18.0 Å². The molecule has 2 aromatic rings. The fourth-order valence-corrected chi connectivity index (χ4v) is 3.14. The van der Waals surface area contributed by atoms with Gasteiger partial charge in [-0.2, -0.15) is 5.26 Å². The minimum absolute atomic E-state index is 0. The molecule has 0 spiro atoms. The second-order valence-electron chi connectivity index (χ2n) is 6.10. The van der Waals surface area contributed by atoms with Crippen molar-refractivity contribution in [1.29, 1.82) is 5.26 Å². The van der Waals surface area contributed by atoms with Gasteiger partial charge in [-0.1, -0.05) is 24.6 Å². The summed E-state index contributed by atoms with van der Waals surface area (Å²) in [4.78, 5) is 14.9. The van der Waals surface area contributed by atoms with Crippen LogP contribution in [-0.2, 0) is 0 Å². The van der Waals surface area contributed by atoms with Crippen LogP contribution in [0.3, 0.4) is 0 Å². The number of H-pyrrole nitrogens is 1. The molecule has 8 heteroatoms. The number of pyridine rings is 1. The lowest BCUT2D eigenvalue weighted by atomic mass is 9.97. The number of rotatable bonds is 3. The second-order valence-corrected chi connectivity index (χ2v) is 6.51. The summed E-state index contributed by atoms with van der Waals surface area (Å²) in [7, 11) is 0. The predicted octanol–water partition coefficient (Wildman–Crippen LogP) is 3.50. The number of nitrogens with zero attached hydrogens (tertiary/aromatic N) is 1. The lowest BCUT2D eigenvalue weighted by Gasteiger charge is -2.30. The van der Waals surface area contributed by atoms with Crippen molar-refractivity contribution in [3.63, 3.8) is 0 Å². The maximum absolute atomic E-state index is 14.0. The lowest BCUT2D eigenvalue weighted by Crippen LogP contribution is -2.41. The Morgan fingerprint density at radius 2 is 2.19 bits per heavy atom. The van der Waals surface area contributed by atoms with Crippen molar-refractivity contribution in [3.8, 4) is 22.9 Å². The number of nitrogens with one attached hydrogen (secondary N) is 2. The van der Waals surface area contributed by atoms with Crippen molar-refractivity contribution in [2.75, 3.05) is 13.1 Å². The number of hydrogen-bond donors (Lipinski definition) is 2. The van der Waals surface area contributed by atoms with E-state index in [4.69, 9.17) is 21.6 Å². The smallest absolute Gasteiger partial charge is 0.259 e. The average molecular weight is 398 g/mol. The largest absolute Gasteiger partial charge is 0.488 e. The topological polar surface area (TPSA) is 77.9 Å². The van der Waals surface area contributed by atoms with Gasteiger partial charge >= 0.3 is 0 Å². The van der Waals surface area contributed by atoms with Gasteiger partial charge in [0.05, 0.1) is 16.1 Å². The number of aromatic nitrogens is 1. The average Bonchev–Trinajstić information content (AvgIpc) is 2.60. The Kier molecular flexibility index (Phi) is 6.65. The molecule has 1 aromatic carbocycles. The summed E-state index contributed by atoms with van der Waals surface area (Å²) in [6.45, 7) is 3.68. The molecule has 138 valence electrons. The fourth-order valence-electron chi connectivity index (χ4n) is 2.94. The maximum atomic E-state index is 14.0. The minimum atomic E-state index is -0.694. The molecule has 2 heterocycles. The van der Waals surface area contributed by atoms with Gasteiger partial charge in [0.15, 0.2) is 5.75 Å². The summed E-state index contributed by atoms with van der Waals surface area (Å²) >= 11 is 6.26. The highest BCUT2D eigenvalue weighted by Crippen LogP contribution is 2.35. The third-order valence-corrected chi connectivity index (χ3v) is 4.64. The van der Waals surface area contributed by atoms with Crippen molar-refractivity contribution >= 4 is 24.0 Å². The zero-order chi connectivity index (χ0) is 18.0. The van der Waals surface area contributed by atoms with Gasteiger partial charge in [-0.05, 0) is 30.7 Å². The minimum Gasteiger partial charge on any atom is -0.488 e. The van der Waals surface area contributed by atoms with E-state index in [-0.39, 0.29) is 46.3 Å². The van der Waals surface area contributed by atoms with Gasteiger partial charge in [0, 0.05) is 18.7 Å². The van der Waals surface area contributed by atoms with Crippen molar-refractivity contribution < 1.29 is 9.13 Å². The number of nitriles is 1. The molecule has 3 rings (SSSR count). The van der Waals surface area contributed by atoms with E-state index in [0.29, 0.717) is 5.56 Å². The van der Waals surface area contributed by atoms with Gasteiger partial charge in [-0.3, -0.25) is 4.79 Å². The normalized spacial score (nSPS) is 19.3. The first-order valence-corrected chi connectivity index (χ1v) is 8.37. The standard InChI is InChI=1S/C18H17ClFN3O2.ClH/c1-10-8-22-5-4-15(10)25-17-13(19)9-23-18(24)16(17)11-2-3-12(7-21)14(20)6-11;/h2-3,6,9-10,15,22H,4-5,8H2,1H3,(H,23,24);1H. The maximum Gasteiger partial charge on any atom is 0.259 e. The quantitative estimate of drug-likeness (QED) is 0.830. The predicted molar refractivity (Wildman–Crippen MR) is 100 cm³/mol. The number of hydrogen-bond acceptors (Lipinski definition) is 4. The first kappa shape index (κ1) is 20.2. The molecular formula is C18H18Cl2FN3O2. The lowest BCUT2D eigenvalue weighted by molar-refractivity contribution is 0.112. The molecule has 2 atom stereocenters. The molecular weight excluding hydrogens is 380 g/mol. The molecule has 0 amide bonds. The van der Waals surface area contributed by atoms with E-state index in [9.17, 15) is 9.18 Å². The van der Waals surface area contributed by atoms with E-state index >= 15 is 0 Å². The Morgan fingerprint density at radius 1 is 1.42 bits per heavy atom. The number of benzene rings is 1. The second kappa shape index (κ2) is 8.54. The van der Waals surface area contributed by atoms with Crippen LogP contribution in [0.15, 0.2) is 29.2 Å². The molecule has 26 heavy (non-hydrogen) atoms. The van der Waals surface area contributed by atoms with Crippen LogP contribution in [0.2, 0.25) is 5.02 Å². The van der Waals surface area contributed by atoms with Gasteiger partial charge in [-0.15, -0.1) is 12.4 Å². The van der Waals surface area contributed by atoms with Crippen LogP contribution in [0.4, 0.5) is 4.39 Å². The summed E-state index contributed by atoms with van der Waals surface area (Å²) in [5.41, 5.74) is -0.0276. The van der Waals surface area contributed by atoms with E-state index < -0.39 is 11.4 Å². The highest BCUT2D eigenvalue weighted by atomic mass is 35.5. The summed E-state index contributed by atoms with van der Waals surface area (Å²) in [6, 6.07) is 5.76. The molecule has 0 saturated carbocycles. The molecule has 0 bridgehead atoms. The molecule has 1 aliphatic rings. The summed E-state index contributed by atoms with van der Waals surface area (Å²) in [5.74, 6) is -0.205. The van der Waals surface area contributed by atoms with Gasteiger partial charge < -0.3 is 15.0 Å². The molecule has 0 aliphatic carbocycles. The zero-order valence-corrected chi connectivity index (χ0v) is 15.6. The van der Waals surface area contributed by atoms with E-state index in [1.165, 1.54) is 18.3 Å². The number of piperidine rings is 1. The van der Waals surface area contributed by atoms with Crippen molar-refractivity contribution in [2.45, 2.75) is 19.4 Å². The van der Waals surface area contributed by atoms with Gasteiger partial charge in [-0.25, -0.2) is 4.39 Å². The van der Waals surface area contributed by atoms with Crippen molar-refractivity contribution in [1.82, 2.24) is 10.3 Å². The summed E-state index contributed by atoms with van der Waals surface area (Å²) < 4.78 is 20.1. The Hall–Kier alpha value is -2.07. The summed E-state index contributed by atoms with van der Waals surface area (Å²) in [5, 5.41) is 12.4. The third kappa shape index (κ3) is 4.01. The SMILES string of the molecule is CC1CNCCC1Oc1c(Cl)c[nH]c(=O)c1-c1ccc(C#N)c(F)c1.Cl. The Bertz CT molecular complexity index is 895. The van der Waals surface area contributed by atoms with Crippen molar-refractivity contribution in [3.05, 3.63) is 51.2 Å². The Morgan fingerprint density at radius 3 is 2.85 bits per heavy atom. The number of aromatic amines is 1. The molecule has 1 aromatic heterocycles. The molecule has 2 unspecified atom stereocenters. The molecule has 5 nitrogen and oxygen atoms in total. The Balaban J connectivity index is 0.00000243. The van der Waals surface area contributed by atoms with E-state index in [2.05, 4.69) is 17.2 Å². The zero-order valence-electron chi connectivity index (χ0n) is 14.0. The highest BCUT2D eigenvalue weighted by Gasteiger charge is 2.26. The van der Waals surface area contributed by atoms with Crippen LogP contribution in [0.1, 0.15) is 18.9 Å². The van der Waals surface area contributed by atoms with Crippen LogP contribution >= 0.6 is 24.0 Å². The first-order valence-electron chi connectivity index (χ1n) is 8.00. The summed E-state index contributed by atoms with van der Waals surface area (Å²) in [6.07, 6.45) is 2.06. The molecule has 0 radical (unpaired) electrons. The van der Waals surface area contributed by atoms with Crippen LogP contribution in [-0.4, -0.2) is 24.2 Å². The van der Waals surface area contributed by atoms with Crippen LogP contribution in [0.25, 0.3) is 11.1 Å². The fraction of sp³-hybridized carbons (Fsp3) is 0.333. The van der Waals surface area contributed by atoms with Crippen molar-refractivity contribution in [2.24, 2.45) is 5.92 Å². The molecule has 2 N–H and O–H groups in total. The Labute approximate surface area is 161 Å². The van der Waals surface area contributed by atoms with E-state index in [0.717, 1.165) is 25.6 Å². The molecule has 1 fully saturated rings. The third-order valence-electron chi connectivity index (χ3n) is 4.36. The van der Waals surface area contributed by atoms with Crippen LogP contribution < -0.4 is 15.6 Å². The highest BCUT2D eigenvalue weighted by molar-refractivity contribution is 6.32. The van der Waals surface area contributed by atoms with E-state index in [1.807, 2.05) is 0 Å². The first-order chi connectivity index (χ1) is 12.0.